The van der Waals surface area contributed by atoms with E-state index in [1.54, 1.807) is 36.3 Å². The van der Waals surface area contributed by atoms with Crippen molar-refractivity contribution in [1.29, 1.82) is 5.26 Å². The Balaban J connectivity index is 1.51. The van der Waals surface area contributed by atoms with Crippen LogP contribution < -0.4 is 15.0 Å². The average Bonchev–Trinajstić information content (AvgIpc) is 3.43. The van der Waals surface area contributed by atoms with E-state index in [4.69, 9.17) is 4.74 Å². The number of hydrogen-bond donors (Lipinski definition) is 2. The van der Waals surface area contributed by atoms with E-state index in [9.17, 15) is 20.0 Å². The molecule has 6 rings (SSSR count). The zero-order valence-electron chi connectivity index (χ0n) is 21.2. The van der Waals surface area contributed by atoms with Gasteiger partial charge in [-0.2, -0.15) is 5.26 Å². The first-order valence-corrected chi connectivity index (χ1v) is 12.6. The molecule has 5 atom stereocenters. The first-order valence-electron chi connectivity index (χ1n) is 12.6. The zero-order valence-corrected chi connectivity index (χ0v) is 21.2. The molecule has 3 aliphatic heterocycles. The van der Waals surface area contributed by atoms with E-state index in [0.29, 0.717) is 29.2 Å². The largest absolute Gasteiger partial charge is 0.497 e. The predicted molar refractivity (Wildman–Crippen MR) is 142 cm³/mol. The number of likely N-dealkylation sites (tertiary alicyclic amines) is 1. The number of amides is 2. The van der Waals surface area contributed by atoms with E-state index < -0.39 is 29.0 Å². The normalized spacial score (nSPS) is 28.9. The molecule has 2 N–H and O–H groups in total. The molecule has 0 aromatic heterocycles. The number of nitriles is 1. The van der Waals surface area contributed by atoms with Crippen molar-refractivity contribution in [3.63, 3.8) is 0 Å². The number of ether oxygens (including phenoxy) is 1. The Morgan fingerprint density at radius 3 is 2.42 bits per heavy atom. The second-order valence-electron chi connectivity index (χ2n) is 10.2. The molecule has 3 aliphatic rings. The minimum absolute atomic E-state index is 0.171. The van der Waals surface area contributed by atoms with Gasteiger partial charge in [-0.05, 0) is 49.4 Å². The van der Waals surface area contributed by atoms with Gasteiger partial charge in [0.1, 0.15) is 16.7 Å². The number of anilines is 2. The second-order valence-corrected chi connectivity index (χ2v) is 10.2. The number of carbonyl (C=O) groups is 2. The number of fused-ring (bicyclic) bond motifs is 2. The first-order chi connectivity index (χ1) is 18.4. The summed E-state index contributed by atoms with van der Waals surface area (Å²) in [4.78, 5) is 30.9. The summed E-state index contributed by atoms with van der Waals surface area (Å²) in [5, 5.41) is 26.1. The Bertz CT molecular complexity index is 1450. The van der Waals surface area contributed by atoms with Crippen molar-refractivity contribution in [1.82, 2.24) is 4.90 Å². The molecular weight excluding hydrogens is 480 g/mol. The smallest absolute Gasteiger partial charge is 0.251 e. The molecule has 192 valence electrons. The van der Waals surface area contributed by atoms with Crippen molar-refractivity contribution in [2.24, 2.45) is 5.41 Å². The first kappa shape index (κ1) is 24.2. The highest BCUT2D eigenvalue weighted by Gasteiger charge is 2.73. The summed E-state index contributed by atoms with van der Waals surface area (Å²) < 4.78 is 5.28. The monoisotopic (exact) mass is 508 g/mol. The van der Waals surface area contributed by atoms with Crippen molar-refractivity contribution in [2.45, 2.75) is 30.0 Å². The van der Waals surface area contributed by atoms with Gasteiger partial charge in [-0.1, -0.05) is 48.5 Å². The molecule has 1 spiro atoms. The SMILES string of the molecule is COc1ccc(N2C(=O)[C@H](c3ccccc3)[C@H]2[C@@H](O)[C@]2(C#N)CCN(C)[C@@]23C(=O)Nc2ccccc23)cc1. The van der Waals surface area contributed by atoms with Crippen LogP contribution in [0.3, 0.4) is 0 Å². The van der Waals surface area contributed by atoms with Crippen LogP contribution in [0, 0.1) is 16.7 Å². The summed E-state index contributed by atoms with van der Waals surface area (Å²) in [6.45, 7) is 0.436. The standard InChI is InChI=1S/C30H28N4O4/c1-33-17-16-29(18-31,30(33)22-10-6-7-11-23(22)32-28(30)37)26(35)25-24(19-8-4-3-5-9-19)27(36)34(25)20-12-14-21(38-2)15-13-20/h3-15,24-26,35H,16-17H2,1-2H3,(H,32,37)/t24-,25+,26-,29-,30+/m1/s1. The number of carbonyl (C=O) groups excluding carboxylic acids is 2. The van der Waals surface area contributed by atoms with Crippen LogP contribution in [0.25, 0.3) is 0 Å². The quantitative estimate of drug-likeness (QED) is 0.513. The highest BCUT2D eigenvalue weighted by molar-refractivity contribution is 6.09. The molecule has 2 fully saturated rings. The lowest BCUT2D eigenvalue weighted by molar-refractivity contribution is -0.140. The second kappa shape index (κ2) is 8.69. The molecule has 0 unspecified atom stereocenters. The third-order valence-electron chi connectivity index (χ3n) is 8.63. The van der Waals surface area contributed by atoms with Gasteiger partial charge in [-0.3, -0.25) is 14.5 Å². The van der Waals surface area contributed by atoms with E-state index >= 15 is 0 Å². The van der Waals surface area contributed by atoms with E-state index in [2.05, 4.69) is 11.4 Å². The molecule has 2 amide bonds. The van der Waals surface area contributed by atoms with Crippen molar-refractivity contribution in [3.05, 3.63) is 90.0 Å². The predicted octanol–water partition coefficient (Wildman–Crippen LogP) is 3.25. The van der Waals surface area contributed by atoms with Gasteiger partial charge in [0.2, 0.25) is 5.91 Å². The number of methoxy groups -OCH3 is 1. The van der Waals surface area contributed by atoms with Crippen molar-refractivity contribution >= 4 is 23.2 Å². The lowest BCUT2D eigenvalue weighted by Gasteiger charge is -2.54. The molecular formula is C30H28N4O4. The Labute approximate surface area is 221 Å². The summed E-state index contributed by atoms with van der Waals surface area (Å²) in [5.74, 6) is -0.531. The zero-order chi connectivity index (χ0) is 26.7. The van der Waals surface area contributed by atoms with Gasteiger partial charge in [-0.15, -0.1) is 0 Å². The number of likely N-dealkylation sites (N-methyl/N-ethyl adjacent to an activating group) is 1. The highest BCUT2D eigenvalue weighted by atomic mass is 16.5. The van der Waals surface area contributed by atoms with Crippen LogP contribution in [0.1, 0.15) is 23.5 Å². The number of hydrogen-bond acceptors (Lipinski definition) is 6. The molecule has 3 aromatic rings. The maximum atomic E-state index is 13.8. The van der Waals surface area contributed by atoms with Gasteiger partial charge in [0.25, 0.3) is 5.91 Å². The van der Waals surface area contributed by atoms with Crippen LogP contribution in [0.2, 0.25) is 0 Å². The fraction of sp³-hybridized carbons (Fsp3) is 0.300. The van der Waals surface area contributed by atoms with Crippen LogP contribution >= 0.6 is 0 Å². The lowest BCUT2D eigenvalue weighted by Crippen LogP contribution is -2.70. The minimum Gasteiger partial charge on any atom is -0.497 e. The van der Waals surface area contributed by atoms with Crippen molar-refractivity contribution in [3.8, 4) is 11.8 Å². The van der Waals surface area contributed by atoms with Gasteiger partial charge < -0.3 is 20.1 Å². The summed E-state index contributed by atoms with van der Waals surface area (Å²) in [6, 6.07) is 25.3. The van der Waals surface area contributed by atoms with Gasteiger partial charge >= 0.3 is 0 Å². The topological polar surface area (TPSA) is 106 Å². The summed E-state index contributed by atoms with van der Waals surface area (Å²) >= 11 is 0. The third-order valence-corrected chi connectivity index (χ3v) is 8.63. The molecule has 0 saturated carbocycles. The molecule has 3 aromatic carbocycles. The fourth-order valence-electron chi connectivity index (χ4n) is 6.83. The van der Waals surface area contributed by atoms with Gasteiger partial charge in [0, 0.05) is 23.5 Å². The van der Waals surface area contributed by atoms with Gasteiger partial charge in [-0.25, -0.2) is 0 Å². The minimum atomic E-state index is -1.51. The molecule has 8 heteroatoms. The highest BCUT2D eigenvalue weighted by Crippen LogP contribution is 2.60. The maximum absolute atomic E-state index is 13.8. The molecule has 0 bridgehead atoms. The van der Waals surface area contributed by atoms with Gasteiger partial charge in [0.05, 0.1) is 31.2 Å². The number of nitrogens with one attached hydrogen (secondary N) is 1. The van der Waals surface area contributed by atoms with Crippen LogP contribution in [0.15, 0.2) is 78.9 Å². The van der Waals surface area contributed by atoms with Crippen molar-refractivity contribution < 1.29 is 19.4 Å². The van der Waals surface area contributed by atoms with Crippen LogP contribution in [0.4, 0.5) is 11.4 Å². The number of nitrogens with zero attached hydrogens (tertiary/aromatic N) is 3. The van der Waals surface area contributed by atoms with Gasteiger partial charge in [0.15, 0.2) is 0 Å². The molecule has 3 heterocycles. The summed E-state index contributed by atoms with van der Waals surface area (Å²) in [7, 11) is 3.38. The van der Waals surface area contributed by atoms with Crippen molar-refractivity contribution in [2.75, 3.05) is 30.9 Å². The molecule has 8 nitrogen and oxygen atoms in total. The molecule has 2 saturated heterocycles. The Hall–Kier alpha value is -4.19. The van der Waals surface area contributed by atoms with E-state index in [0.717, 1.165) is 5.56 Å². The maximum Gasteiger partial charge on any atom is 0.251 e. The Morgan fingerprint density at radius 2 is 1.74 bits per heavy atom. The van der Waals surface area contributed by atoms with Crippen LogP contribution in [-0.2, 0) is 15.1 Å². The van der Waals surface area contributed by atoms with E-state index in [1.165, 1.54) is 0 Å². The number of rotatable bonds is 5. The average molecular weight is 509 g/mol. The Kier molecular flexibility index (Phi) is 5.53. The summed E-state index contributed by atoms with van der Waals surface area (Å²) in [6.07, 6.45) is -1.06. The van der Waals surface area contributed by atoms with Crippen LogP contribution in [0.5, 0.6) is 5.75 Å². The Morgan fingerprint density at radius 1 is 1.05 bits per heavy atom. The van der Waals surface area contributed by atoms with E-state index in [-0.39, 0.29) is 18.2 Å². The number of β-lactam (4-membered cyclic amide) rings is 1. The molecule has 0 aliphatic carbocycles. The molecule has 0 radical (unpaired) electrons. The molecule has 38 heavy (non-hydrogen) atoms. The number of aliphatic hydroxyl groups is 1. The fourth-order valence-corrected chi connectivity index (χ4v) is 6.83. The van der Waals surface area contributed by atoms with E-state index in [1.807, 2.05) is 66.5 Å². The summed E-state index contributed by atoms with van der Waals surface area (Å²) in [5.41, 5.74) is -0.254. The third kappa shape index (κ3) is 2.97. The number of para-hydroxylation sites is 1. The lowest BCUT2D eigenvalue weighted by atomic mass is 9.59. The number of aliphatic hydroxyl groups excluding tert-OH is 1. The number of benzene rings is 3. The van der Waals surface area contributed by atoms with Crippen LogP contribution in [-0.4, -0.2) is 54.7 Å².